The van der Waals surface area contributed by atoms with Crippen LogP contribution in [-0.2, 0) is 4.74 Å². The van der Waals surface area contributed by atoms with Crippen LogP contribution in [0.2, 0.25) is 0 Å². The van der Waals surface area contributed by atoms with Crippen LogP contribution in [0, 0.1) is 11.8 Å². The fourth-order valence-corrected chi connectivity index (χ4v) is 4.71. The fourth-order valence-electron chi connectivity index (χ4n) is 4.71. The van der Waals surface area contributed by atoms with Crippen LogP contribution in [0.1, 0.15) is 23.5 Å². The molecule has 1 heterocycles. The third-order valence-electron chi connectivity index (χ3n) is 6.12. The number of likely N-dealkylation sites (tertiary alicyclic amines) is 1. The van der Waals surface area contributed by atoms with Crippen LogP contribution >= 0.6 is 0 Å². The van der Waals surface area contributed by atoms with Gasteiger partial charge in [-0.25, -0.2) is 4.79 Å². The van der Waals surface area contributed by atoms with Crippen molar-refractivity contribution in [3.05, 3.63) is 59.7 Å². The maximum Gasteiger partial charge on any atom is 0.409 e. The third-order valence-corrected chi connectivity index (χ3v) is 6.12. The number of carbonyl (C=O) groups excluding carboxylic acids is 1. The number of hydrogen-bond donors (Lipinski definition) is 1. The Hall–Kier alpha value is -2.33. The summed E-state index contributed by atoms with van der Waals surface area (Å²) >= 11 is 0. The number of fused-ring (bicyclic) bond motifs is 4. The van der Waals surface area contributed by atoms with E-state index in [9.17, 15) is 9.90 Å². The van der Waals surface area contributed by atoms with E-state index in [1.165, 1.54) is 22.3 Å². The second-order valence-electron chi connectivity index (χ2n) is 7.44. The zero-order valence-electron chi connectivity index (χ0n) is 14.0. The van der Waals surface area contributed by atoms with Crippen molar-refractivity contribution in [1.82, 2.24) is 4.90 Å². The molecule has 1 N–H and O–H groups in total. The number of ether oxygens (including phenoxy) is 1. The first kappa shape index (κ1) is 15.0. The Bertz CT molecular complexity index is 788. The van der Waals surface area contributed by atoms with E-state index in [0.717, 1.165) is 13.0 Å². The predicted octanol–water partition coefficient (Wildman–Crippen LogP) is 3.25. The van der Waals surface area contributed by atoms with Crippen molar-refractivity contribution in [1.29, 1.82) is 0 Å². The first-order valence-electron chi connectivity index (χ1n) is 9.00. The lowest BCUT2D eigenvalue weighted by Gasteiger charge is -2.34. The van der Waals surface area contributed by atoms with Crippen molar-refractivity contribution in [3.63, 3.8) is 0 Å². The first-order chi connectivity index (χ1) is 12.2. The molecule has 1 amide bonds. The maximum absolute atomic E-state index is 12.5. The van der Waals surface area contributed by atoms with Gasteiger partial charge in [-0.3, -0.25) is 0 Å². The Kier molecular flexibility index (Phi) is 3.35. The summed E-state index contributed by atoms with van der Waals surface area (Å²) in [5, 5.41) is 9.76. The number of rotatable bonds is 2. The van der Waals surface area contributed by atoms with E-state index < -0.39 is 0 Å². The molecule has 25 heavy (non-hydrogen) atoms. The minimum Gasteiger partial charge on any atom is -0.448 e. The van der Waals surface area contributed by atoms with Crippen LogP contribution in [0.25, 0.3) is 11.1 Å². The predicted molar refractivity (Wildman–Crippen MR) is 94.2 cm³/mol. The molecule has 1 saturated carbocycles. The molecule has 4 heteroatoms. The molecule has 3 unspecified atom stereocenters. The number of carbonyl (C=O) groups is 1. The van der Waals surface area contributed by atoms with Crippen molar-refractivity contribution < 1.29 is 14.6 Å². The zero-order chi connectivity index (χ0) is 17.0. The molecule has 4 nitrogen and oxygen atoms in total. The number of aliphatic hydroxyl groups is 1. The van der Waals surface area contributed by atoms with Crippen molar-refractivity contribution in [3.8, 4) is 11.1 Å². The van der Waals surface area contributed by atoms with Gasteiger partial charge in [0.15, 0.2) is 0 Å². The molecule has 0 radical (unpaired) electrons. The molecule has 0 aromatic heterocycles. The quantitative estimate of drug-likeness (QED) is 0.916. The van der Waals surface area contributed by atoms with Gasteiger partial charge in [0.2, 0.25) is 0 Å². The van der Waals surface area contributed by atoms with E-state index in [4.69, 9.17) is 4.74 Å². The van der Waals surface area contributed by atoms with Crippen LogP contribution in [0.15, 0.2) is 48.5 Å². The monoisotopic (exact) mass is 335 g/mol. The summed E-state index contributed by atoms with van der Waals surface area (Å²) in [4.78, 5) is 14.2. The van der Waals surface area contributed by atoms with E-state index in [0.29, 0.717) is 19.1 Å². The van der Waals surface area contributed by atoms with E-state index in [1.54, 1.807) is 4.90 Å². The molecular weight excluding hydrogens is 314 g/mol. The molecule has 3 aliphatic rings. The Morgan fingerprint density at radius 1 is 1.04 bits per heavy atom. The summed E-state index contributed by atoms with van der Waals surface area (Å²) in [6.45, 7) is 1.71. The Morgan fingerprint density at radius 2 is 1.68 bits per heavy atom. The van der Waals surface area contributed by atoms with Gasteiger partial charge in [-0.1, -0.05) is 48.5 Å². The third kappa shape index (κ3) is 2.28. The zero-order valence-corrected chi connectivity index (χ0v) is 14.0. The van der Waals surface area contributed by atoms with Gasteiger partial charge in [-0.15, -0.1) is 0 Å². The molecule has 5 rings (SSSR count). The Balaban J connectivity index is 1.32. The van der Waals surface area contributed by atoms with Gasteiger partial charge in [0, 0.05) is 24.9 Å². The lowest BCUT2D eigenvalue weighted by Crippen LogP contribution is -2.39. The van der Waals surface area contributed by atoms with E-state index in [2.05, 4.69) is 36.4 Å². The molecular formula is C21H21NO3. The Labute approximate surface area is 147 Å². The van der Waals surface area contributed by atoms with Gasteiger partial charge in [-0.2, -0.15) is 0 Å². The fraction of sp³-hybridized carbons (Fsp3) is 0.381. The average Bonchev–Trinajstić information content (AvgIpc) is 3.15. The lowest BCUT2D eigenvalue weighted by molar-refractivity contribution is -0.00431. The van der Waals surface area contributed by atoms with Crippen molar-refractivity contribution in [2.45, 2.75) is 18.4 Å². The average molecular weight is 335 g/mol. The molecule has 2 aromatic rings. The van der Waals surface area contributed by atoms with E-state index >= 15 is 0 Å². The maximum atomic E-state index is 12.5. The molecule has 128 valence electrons. The number of nitrogens with zero attached hydrogens (tertiary/aromatic N) is 1. The summed E-state index contributed by atoms with van der Waals surface area (Å²) in [6.07, 6.45) is 0.331. The van der Waals surface area contributed by atoms with Crippen LogP contribution < -0.4 is 0 Å². The first-order valence-corrected chi connectivity index (χ1v) is 9.00. The van der Waals surface area contributed by atoms with Gasteiger partial charge in [0.05, 0.1) is 6.10 Å². The molecule has 3 atom stereocenters. The van der Waals surface area contributed by atoms with Crippen LogP contribution in [0.4, 0.5) is 4.79 Å². The van der Waals surface area contributed by atoms with Gasteiger partial charge in [0.1, 0.15) is 6.61 Å². The highest BCUT2D eigenvalue weighted by molar-refractivity contribution is 5.79. The standard InChI is InChI=1S/C21H21NO3/c23-20-9-13-10-22(11-18(13)20)21(24)25-12-19-16-7-3-1-5-14(16)15-6-2-4-8-17(15)19/h1-8,13,18-20,23H,9-12H2. The summed E-state index contributed by atoms with van der Waals surface area (Å²) < 4.78 is 5.69. The number of amides is 1. The Morgan fingerprint density at radius 3 is 2.28 bits per heavy atom. The van der Waals surface area contributed by atoms with E-state index in [1.807, 2.05) is 12.1 Å². The highest BCUT2D eigenvalue weighted by Crippen LogP contribution is 2.45. The molecule has 2 aliphatic carbocycles. The van der Waals surface area contributed by atoms with Gasteiger partial charge >= 0.3 is 6.09 Å². The lowest BCUT2D eigenvalue weighted by atomic mass is 9.74. The molecule has 1 saturated heterocycles. The normalized spacial score (nSPS) is 26.6. The van der Waals surface area contributed by atoms with Gasteiger partial charge in [0.25, 0.3) is 0 Å². The highest BCUT2D eigenvalue weighted by atomic mass is 16.6. The van der Waals surface area contributed by atoms with Crippen LogP contribution in [-0.4, -0.2) is 41.9 Å². The SMILES string of the molecule is O=C(OCC1c2ccccc2-c2ccccc21)N1CC2CC(O)C2C1. The topological polar surface area (TPSA) is 49.8 Å². The number of hydrogen-bond acceptors (Lipinski definition) is 3. The molecule has 2 aromatic carbocycles. The second-order valence-corrected chi connectivity index (χ2v) is 7.44. The van der Waals surface area contributed by atoms with E-state index in [-0.39, 0.29) is 24.0 Å². The van der Waals surface area contributed by atoms with Crippen LogP contribution in [0.5, 0.6) is 0 Å². The summed E-state index contributed by atoms with van der Waals surface area (Å²) in [5.41, 5.74) is 4.94. The second kappa shape index (κ2) is 5.60. The largest absolute Gasteiger partial charge is 0.448 e. The highest BCUT2D eigenvalue weighted by Gasteiger charge is 2.48. The summed E-state index contributed by atoms with van der Waals surface area (Å²) in [7, 11) is 0. The van der Waals surface area contributed by atoms with Gasteiger partial charge < -0.3 is 14.7 Å². The van der Waals surface area contributed by atoms with Crippen molar-refractivity contribution in [2.24, 2.45) is 11.8 Å². The molecule has 2 fully saturated rings. The van der Waals surface area contributed by atoms with Crippen LogP contribution in [0.3, 0.4) is 0 Å². The molecule has 0 bridgehead atoms. The number of benzene rings is 2. The minimum absolute atomic E-state index is 0.0984. The van der Waals surface area contributed by atoms with Gasteiger partial charge in [-0.05, 0) is 34.6 Å². The van der Waals surface area contributed by atoms with Crippen molar-refractivity contribution >= 4 is 6.09 Å². The summed E-state index contributed by atoms with van der Waals surface area (Å²) in [5.74, 6) is 0.803. The summed E-state index contributed by atoms with van der Waals surface area (Å²) in [6, 6.07) is 16.7. The minimum atomic E-state index is -0.247. The molecule has 0 spiro atoms. The van der Waals surface area contributed by atoms with Crippen molar-refractivity contribution in [2.75, 3.05) is 19.7 Å². The smallest absolute Gasteiger partial charge is 0.409 e. The number of aliphatic hydroxyl groups excluding tert-OH is 1. The molecule has 1 aliphatic heterocycles.